The van der Waals surface area contributed by atoms with Crippen molar-refractivity contribution in [3.63, 3.8) is 0 Å². The Hall–Kier alpha value is -0.970. The second-order valence-electron chi connectivity index (χ2n) is 23.5. The van der Waals surface area contributed by atoms with Crippen LogP contribution in [-0.4, -0.2) is 260 Å². The Morgan fingerprint density at radius 1 is 0.537 bits per heavy atom. The van der Waals surface area contributed by atoms with E-state index in [2.05, 4.69) is 123 Å². The Bertz CT molecular complexity index is 1320. The molecule has 0 aromatic heterocycles. The van der Waals surface area contributed by atoms with Gasteiger partial charge in [-0.25, -0.2) is 0 Å². The monoisotopic (exact) mass is 943 g/mol. The molecule has 5 atom stereocenters. The molecule has 2 aliphatic carbocycles. The van der Waals surface area contributed by atoms with Crippen molar-refractivity contribution in [2.45, 2.75) is 140 Å². The van der Waals surface area contributed by atoms with Crippen molar-refractivity contribution in [1.82, 2.24) is 60.0 Å². The highest BCUT2D eigenvalue weighted by Gasteiger charge is 2.45. The molecule has 2 saturated carbocycles. The molecule has 13 heteroatoms. The molecule has 0 radical (unpaired) electrons. The molecule has 5 aliphatic rings. The first-order chi connectivity index (χ1) is 32.3. The standard InChI is InChI=1S/C54H110N12O/c1-47(2)42-51-44-56-25-32-59(4)35-37-61(6)39-38-60(5)36-34-58(3)31-24-55-26-33-65-29-17-21-50(65)45-57-54(23-16-20-49(54)43-48-18-12-10-13-19-48)46-62(7)40-41-64(9)52(22-30-63(51)8)53(67)66-27-14-11-15-28-66/h47-52,55-57H,10-46H2,1-9H3. The number of rotatable bonds is 5. The Kier molecular flexibility index (Phi) is 26.2. The molecule has 0 bridgehead atoms. The summed E-state index contributed by atoms with van der Waals surface area (Å²) >= 11 is 0. The predicted molar refractivity (Wildman–Crippen MR) is 284 cm³/mol. The van der Waals surface area contributed by atoms with Crippen molar-refractivity contribution >= 4 is 5.91 Å². The maximum Gasteiger partial charge on any atom is 0.239 e. The minimum Gasteiger partial charge on any atom is -0.341 e. The number of piperidine rings is 1. The molecule has 5 fully saturated rings. The van der Waals surface area contributed by atoms with E-state index in [0.29, 0.717) is 23.9 Å². The number of amides is 1. The smallest absolute Gasteiger partial charge is 0.239 e. The molecular weight excluding hydrogens is 833 g/mol. The summed E-state index contributed by atoms with van der Waals surface area (Å²) in [6.45, 7) is 26.9. The molecule has 1 spiro atoms. The van der Waals surface area contributed by atoms with E-state index in [9.17, 15) is 4.79 Å². The largest absolute Gasteiger partial charge is 0.341 e. The zero-order chi connectivity index (χ0) is 48.0. The van der Waals surface area contributed by atoms with Crippen LogP contribution in [-0.2, 0) is 4.79 Å². The van der Waals surface area contributed by atoms with Crippen LogP contribution in [0.1, 0.15) is 117 Å². The molecule has 3 heterocycles. The number of nitrogens with zero attached hydrogens (tertiary/aromatic N) is 9. The van der Waals surface area contributed by atoms with Gasteiger partial charge in [0.15, 0.2) is 0 Å². The van der Waals surface area contributed by atoms with Crippen LogP contribution >= 0.6 is 0 Å². The van der Waals surface area contributed by atoms with Crippen LogP contribution in [0.3, 0.4) is 0 Å². The Labute approximate surface area is 414 Å². The normalized spacial score (nSPS) is 32.2. The van der Waals surface area contributed by atoms with Crippen molar-refractivity contribution in [3.05, 3.63) is 0 Å². The summed E-state index contributed by atoms with van der Waals surface area (Å²) < 4.78 is 0. The number of carbonyl (C=O) groups is 1. The van der Waals surface area contributed by atoms with Gasteiger partial charge in [0.05, 0.1) is 6.04 Å². The summed E-state index contributed by atoms with van der Waals surface area (Å²) in [5.74, 6) is 2.64. The highest BCUT2D eigenvalue weighted by Crippen LogP contribution is 2.43. The van der Waals surface area contributed by atoms with Gasteiger partial charge in [0.2, 0.25) is 5.91 Å². The Morgan fingerprint density at radius 3 is 1.79 bits per heavy atom. The van der Waals surface area contributed by atoms with Crippen LogP contribution < -0.4 is 16.0 Å². The zero-order valence-corrected chi connectivity index (χ0v) is 45.6. The van der Waals surface area contributed by atoms with E-state index in [1.54, 1.807) is 0 Å². The summed E-state index contributed by atoms with van der Waals surface area (Å²) in [7, 11) is 16.1. The van der Waals surface area contributed by atoms with E-state index in [4.69, 9.17) is 0 Å². The maximum atomic E-state index is 14.5. The lowest BCUT2D eigenvalue weighted by Crippen LogP contribution is -2.59. The summed E-state index contributed by atoms with van der Waals surface area (Å²) in [6.07, 6.45) is 20.8. The summed E-state index contributed by atoms with van der Waals surface area (Å²) in [5, 5.41) is 12.1. The fraction of sp³-hybridized carbons (Fsp3) is 0.981. The fourth-order valence-electron chi connectivity index (χ4n) is 12.6. The average Bonchev–Trinajstić information content (AvgIpc) is 3.94. The zero-order valence-electron chi connectivity index (χ0n) is 45.6. The molecule has 67 heavy (non-hydrogen) atoms. The van der Waals surface area contributed by atoms with Crippen LogP contribution in [0.25, 0.3) is 0 Å². The third-order valence-corrected chi connectivity index (χ3v) is 17.4. The maximum absolute atomic E-state index is 14.5. The molecule has 3 N–H and O–H groups in total. The van der Waals surface area contributed by atoms with Crippen LogP contribution in [0.4, 0.5) is 0 Å². The molecule has 392 valence electrons. The summed E-state index contributed by atoms with van der Waals surface area (Å²) in [4.78, 5) is 37.2. The fourth-order valence-corrected chi connectivity index (χ4v) is 12.6. The minimum absolute atomic E-state index is 0.0852. The Balaban J connectivity index is 1.28. The van der Waals surface area contributed by atoms with Gasteiger partial charge in [-0.15, -0.1) is 0 Å². The molecule has 1 amide bonds. The molecule has 5 unspecified atom stereocenters. The topological polar surface area (TPSA) is 82.3 Å². The first-order valence-corrected chi connectivity index (χ1v) is 28.3. The van der Waals surface area contributed by atoms with Gasteiger partial charge in [-0.3, -0.25) is 14.6 Å². The van der Waals surface area contributed by atoms with Crippen molar-refractivity contribution in [3.8, 4) is 0 Å². The second kappa shape index (κ2) is 30.8. The number of likely N-dealkylation sites (N-methyl/N-ethyl adjacent to an activating group) is 7. The first kappa shape index (κ1) is 56.9. The Morgan fingerprint density at radius 2 is 1.13 bits per heavy atom. The number of likely N-dealkylation sites (tertiary alicyclic amines) is 1. The van der Waals surface area contributed by atoms with Crippen molar-refractivity contribution in [1.29, 1.82) is 0 Å². The number of hydrogen-bond acceptors (Lipinski definition) is 12. The number of carbonyl (C=O) groups excluding carboxylic acids is 1. The van der Waals surface area contributed by atoms with Crippen LogP contribution in [0.5, 0.6) is 0 Å². The van der Waals surface area contributed by atoms with Gasteiger partial charge in [-0.2, -0.15) is 0 Å². The molecule has 5 rings (SSSR count). The average molecular weight is 944 g/mol. The first-order valence-electron chi connectivity index (χ1n) is 28.3. The van der Waals surface area contributed by atoms with E-state index in [1.807, 2.05) is 0 Å². The van der Waals surface area contributed by atoms with E-state index in [1.165, 1.54) is 83.6 Å². The van der Waals surface area contributed by atoms with Gasteiger partial charge in [0, 0.05) is 149 Å². The minimum atomic E-state index is -0.0852. The van der Waals surface area contributed by atoms with Crippen LogP contribution in [0, 0.1) is 17.8 Å². The van der Waals surface area contributed by atoms with Gasteiger partial charge in [0.25, 0.3) is 0 Å². The van der Waals surface area contributed by atoms with Crippen LogP contribution in [0.15, 0.2) is 0 Å². The molecule has 0 aromatic rings. The van der Waals surface area contributed by atoms with Crippen molar-refractivity contribution < 1.29 is 4.79 Å². The highest BCUT2D eigenvalue weighted by atomic mass is 16.2. The third kappa shape index (κ3) is 20.2. The lowest BCUT2D eigenvalue weighted by Gasteiger charge is -2.43. The lowest BCUT2D eigenvalue weighted by atomic mass is 9.76. The van der Waals surface area contributed by atoms with Gasteiger partial charge in [0.1, 0.15) is 0 Å². The quantitative estimate of drug-likeness (QED) is 0.365. The lowest BCUT2D eigenvalue weighted by molar-refractivity contribution is -0.138. The molecule has 0 aromatic carbocycles. The predicted octanol–water partition coefficient (Wildman–Crippen LogP) is 4.45. The van der Waals surface area contributed by atoms with E-state index >= 15 is 0 Å². The van der Waals surface area contributed by atoms with E-state index in [-0.39, 0.29) is 11.6 Å². The molecule has 3 aliphatic heterocycles. The molecule has 13 nitrogen and oxygen atoms in total. The second-order valence-corrected chi connectivity index (χ2v) is 23.5. The van der Waals surface area contributed by atoms with E-state index < -0.39 is 0 Å². The van der Waals surface area contributed by atoms with Crippen molar-refractivity contribution in [2.75, 3.05) is 187 Å². The van der Waals surface area contributed by atoms with Gasteiger partial charge >= 0.3 is 0 Å². The highest BCUT2D eigenvalue weighted by molar-refractivity contribution is 5.82. The number of nitrogens with one attached hydrogen (secondary N) is 3. The summed E-state index contributed by atoms with van der Waals surface area (Å²) in [5.41, 5.74) is 0.170. The van der Waals surface area contributed by atoms with Crippen LogP contribution in [0.2, 0.25) is 0 Å². The number of fused-ring (bicyclic) bond motifs is 1. The van der Waals surface area contributed by atoms with Gasteiger partial charge < -0.3 is 50.2 Å². The molecular formula is C54H110N12O. The summed E-state index contributed by atoms with van der Waals surface area (Å²) in [6, 6.07) is 0.989. The molecule has 3 saturated heterocycles. The van der Waals surface area contributed by atoms with E-state index in [0.717, 1.165) is 168 Å². The SMILES string of the molecule is CC(C)CC1CNCCN(C)CCN(C)CCN(C)CCN(C)CCNCCN2CCCC2CNC2(CCCC2CC2CCCCC2)CN(C)CCN(C)C(C(=O)N2CCCCC2)CCN1C. The van der Waals surface area contributed by atoms with Gasteiger partial charge in [-0.1, -0.05) is 52.4 Å². The van der Waals surface area contributed by atoms with Gasteiger partial charge in [-0.05, 0) is 138 Å². The van der Waals surface area contributed by atoms with Crippen molar-refractivity contribution in [2.24, 2.45) is 17.8 Å². The third-order valence-electron chi connectivity index (χ3n) is 17.4. The number of hydrogen-bond donors (Lipinski definition) is 3.